The number of ketones is 2. The Kier molecular flexibility index (Phi) is 11.6. The Morgan fingerprint density at radius 3 is 1.96 bits per heavy atom. The molecule has 0 radical (unpaired) electrons. The molecule has 2 saturated carbocycles. The molecule has 0 spiro atoms. The SMILES string of the molecule is CC1(C)CC(=O)N(C[C@@H](NC(=O)N[C@H](C(=O)N2C[C@H]3[C@H](CCC3(C)C)[C@H]2C(=O)CC(CC2CCC2)C(=O)C(N)=O)C(C)(C)C)C(C)(C)C)C(=O)C1. The van der Waals surface area contributed by atoms with Gasteiger partial charge in [-0.25, -0.2) is 4.79 Å². The summed E-state index contributed by atoms with van der Waals surface area (Å²) in [5.41, 5.74) is 3.58. The van der Waals surface area contributed by atoms with E-state index in [0.717, 1.165) is 32.1 Å². The van der Waals surface area contributed by atoms with Crippen LogP contribution in [0.1, 0.15) is 127 Å². The van der Waals surface area contributed by atoms with Crippen LogP contribution in [0.25, 0.3) is 0 Å². The lowest BCUT2D eigenvalue weighted by molar-refractivity contribution is -0.153. The normalized spacial score (nSPS) is 26.5. The molecule has 0 bridgehead atoms. The van der Waals surface area contributed by atoms with E-state index in [0.29, 0.717) is 13.0 Å². The van der Waals surface area contributed by atoms with Crippen molar-refractivity contribution in [3.05, 3.63) is 0 Å². The van der Waals surface area contributed by atoms with Crippen LogP contribution < -0.4 is 16.4 Å². The number of nitrogens with two attached hydrogens (primary N) is 1. The van der Waals surface area contributed by atoms with Gasteiger partial charge in [-0.3, -0.25) is 33.7 Å². The van der Waals surface area contributed by atoms with Gasteiger partial charge in [-0.15, -0.1) is 0 Å². The van der Waals surface area contributed by atoms with Crippen LogP contribution in [0, 0.1) is 45.3 Å². The monoisotopic (exact) mass is 713 g/mol. The zero-order valence-corrected chi connectivity index (χ0v) is 32.6. The number of fused-ring (bicyclic) bond motifs is 1. The summed E-state index contributed by atoms with van der Waals surface area (Å²) in [5.74, 6) is -3.54. The Morgan fingerprint density at radius 2 is 1.47 bits per heavy atom. The lowest BCUT2D eigenvalue weighted by Gasteiger charge is -2.40. The lowest BCUT2D eigenvalue weighted by Crippen LogP contribution is -2.62. The molecule has 0 aromatic rings. The van der Waals surface area contributed by atoms with Crippen LogP contribution in [-0.2, 0) is 28.8 Å². The van der Waals surface area contributed by atoms with Crippen molar-refractivity contribution in [2.45, 2.75) is 145 Å². The highest BCUT2D eigenvalue weighted by molar-refractivity contribution is 6.36. The van der Waals surface area contributed by atoms with E-state index in [4.69, 9.17) is 5.73 Å². The Labute approximate surface area is 304 Å². The van der Waals surface area contributed by atoms with Gasteiger partial charge in [0.2, 0.25) is 23.5 Å². The van der Waals surface area contributed by atoms with Gasteiger partial charge in [-0.05, 0) is 58.7 Å². The number of nitrogens with zero attached hydrogens (tertiary/aromatic N) is 2. The number of imide groups is 1. The van der Waals surface area contributed by atoms with Crippen LogP contribution in [0.2, 0.25) is 0 Å². The van der Waals surface area contributed by atoms with Gasteiger partial charge >= 0.3 is 6.03 Å². The standard InChI is InChI=1S/C39H63N5O7/c1-36(2,3)27(21-43-28(46)18-38(7,8)19-29(43)47)41-35(51)42-32(37(4,5)6)34(50)44-20-25-24(14-15-39(25,9)10)30(44)26(45)17-23(31(48)33(40)49)16-22-12-11-13-22/h22-25,27,30,32H,11-21H2,1-10H3,(H2,40,49)(H2,41,42,51)/t23?,24-,25-,27+,30-,32+/m0/s1. The molecule has 51 heavy (non-hydrogen) atoms. The third kappa shape index (κ3) is 9.20. The summed E-state index contributed by atoms with van der Waals surface area (Å²) in [4.78, 5) is 96.6. The second-order valence-corrected chi connectivity index (χ2v) is 19.6. The minimum Gasteiger partial charge on any atom is -0.363 e. The van der Waals surface area contributed by atoms with E-state index in [9.17, 15) is 33.6 Å². The van der Waals surface area contributed by atoms with Crippen molar-refractivity contribution in [2.75, 3.05) is 13.1 Å². The fraction of sp³-hybridized carbons (Fsp3) is 0.821. The van der Waals surface area contributed by atoms with Crippen LogP contribution in [0.5, 0.6) is 0 Å². The number of carbonyl (C=O) groups excluding carboxylic acids is 7. The quantitative estimate of drug-likeness (QED) is 0.199. The molecule has 12 heteroatoms. The summed E-state index contributed by atoms with van der Waals surface area (Å²) >= 11 is 0. The molecule has 12 nitrogen and oxygen atoms in total. The van der Waals surface area contributed by atoms with Crippen LogP contribution in [0.3, 0.4) is 0 Å². The zero-order valence-electron chi connectivity index (χ0n) is 32.6. The molecular formula is C39H63N5O7. The fourth-order valence-electron chi connectivity index (χ4n) is 8.72. The second-order valence-electron chi connectivity index (χ2n) is 19.6. The highest BCUT2D eigenvalue weighted by Gasteiger charge is 2.57. The van der Waals surface area contributed by atoms with E-state index in [-0.39, 0.29) is 72.5 Å². The van der Waals surface area contributed by atoms with Gasteiger partial charge in [0.15, 0.2) is 5.78 Å². The van der Waals surface area contributed by atoms with Gasteiger partial charge in [0.05, 0.1) is 12.1 Å². The van der Waals surface area contributed by atoms with Crippen LogP contribution >= 0.6 is 0 Å². The van der Waals surface area contributed by atoms with Gasteiger partial charge in [0.1, 0.15) is 6.04 Å². The maximum atomic E-state index is 14.7. The molecule has 2 saturated heterocycles. The molecule has 2 aliphatic carbocycles. The predicted molar refractivity (Wildman–Crippen MR) is 193 cm³/mol. The third-order valence-electron chi connectivity index (χ3n) is 12.3. The molecule has 6 atom stereocenters. The second kappa shape index (κ2) is 14.6. The van der Waals surface area contributed by atoms with Gasteiger partial charge < -0.3 is 21.3 Å². The first-order chi connectivity index (χ1) is 23.3. The lowest BCUT2D eigenvalue weighted by atomic mass is 9.75. The van der Waals surface area contributed by atoms with E-state index < -0.39 is 58.0 Å². The van der Waals surface area contributed by atoms with Crippen molar-refractivity contribution in [1.82, 2.24) is 20.4 Å². The molecule has 6 amide bonds. The number of hydrogen-bond acceptors (Lipinski definition) is 7. The molecule has 2 aliphatic heterocycles. The van der Waals surface area contributed by atoms with Gasteiger partial charge in [0, 0.05) is 38.3 Å². The van der Waals surface area contributed by atoms with Crippen LogP contribution in [0.4, 0.5) is 4.79 Å². The molecule has 4 N–H and O–H groups in total. The Balaban J connectivity index is 1.57. The minimum absolute atomic E-state index is 0.00594. The van der Waals surface area contributed by atoms with Gasteiger partial charge in [0.25, 0.3) is 5.91 Å². The van der Waals surface area contributed by atoms with Gasteiger partial charge in [-0.2, -0.15) is 0 Å². The summed E-state index contributed by atoms with van der Waals surface area (Å²) < 4.78 is 0. The Bertz CT molecular complexity index is 1400. The molecule has 1 unspecified atom stereocenters. The molecular weight excluding hydrogens is 650 g/mol. The number of nitrogens with one attached hydrogen (secondary N) is 2. The average Bonchev–Trinajstić information content (AvgIpc) is 3.48. The number of rotatable bonds is 12. The van der Waals surface area contributed by atoms with E-state index in [1.54, 1.807) is 4.90 Å². The molecule has 0 aromatic heterocycles. The molecule has 4 aliphatic rings. The number of piperidine rings is 1. The van der Waals surface area contributed by atoms with Crippen molar-refractivity contribution in [1.29, 1.82) is 0 Å². The van der Waals surface area contributed by atoms with E-state index >= 15 is 0 Å². The number of hydrogen-bond donors (Lipinski definition) is 3. The predicted octanol–water partition coefficient (Wildman–Crippen LogP) is 4.37. The minimum atomic E-state index is -1.04. The number of carbonyl (C=O) groups is 7. The maximum absolute atomic E-state index is 14.7. The first kappa shape index (κ1) is 40.5. The summed E-state index contributed by atoms with van der Waals surface area (Å²) in [5, 5.41) is 5.88. The molecule has 2 heterocycles. The summed E-state index contributed by atoms with van der Waals surface area (Å²) in [6.45, 7) is 19.7. The summed E-state index contributed by atoms with van der Waals surface area (Å²) in [6.07, 6.45) is 5.34. The molecule has 4 rings (SSSR count). The highest BCUT2D eigenvalue weighted by Crippen LogP contribution is 2.53. The molecule has 4 fully saturated rings. The number of primary amides is 1. The largest absolute Gasteiger partial charge is 0.363 e. The third-order valence-corrected chi connectivity index (χ3v) is 12.3. The Morgan fingerprint density at radius 1 is 0.882 bits per heavy atom. The Hall–Kier alpha value is -3.31. The van der Waals surface area contributed by atoms with Crippen LogP contribution in [0.15, 0.2) is 0 Å². The highest BCUT2D eigenvalue weighted by atomic mass is 16.2. The number of likely N-dealkylation sites (tertiary alicyclic amines) is 2. The first-order valence-electron chi connectivity index (χ1n) is 18.9. The number of Topliss-reactive ketones (excluding diaryl/α,β-unsaturated/α-hetero) is 2. The van der Waals surface area contributed by atoms with E-state index in [1.165, 1.54) is 4.90 Å². The van der Waals surface area contributed by atoms with Crippen LogP contribution in [-0.4, -0.2) is 82.2 Å². The van der Waals surface area contributed by atoms with Crippen molar-refractivity contribution in [3.8, 4) is 0 Å². The van der Waals surface area contributed by atoms with Crippen molar-refractivity contribution in [3.63, 3.8) is 0 Å². The number of amides is 6. The zero-order chi connectivity index (χ0) is 38.4. The smallest absolute Gasteiger partial charge is 0.315 e. The van der Waals surface area contributed by atoms with Gasteiger partial charge in [-0.1, -0.05) is 88.5 Å². The molecule has 286 valence electrons. The molecule has 0 aromatic carbocycles. The van der Waals surface area contributed by atoms with Crippen molar-refractivity contribution < 1.29 is 33.6 Å². The van der Waals surface area contributed by atoms with Crippen molar-refractivity contribution >= 4 is 41.2 Å². The first-order valence-corrected chi connectivity index (χ1v) is 18.9. The summed E-state index contributed by atoms with van der Waals surface area (Å²) in [7, 11) is 0. The maximum Gasteiger partial charge on any atom is 0.315 e. The summed E-state index contributed by atoms with van der Waals surface area (Å²) in [6, 6.07) is -3.03. The average molecular weight is 714 g/mol. The fourth-order valence-corrected chi connectivity index (χ4v) is 8.72. The van der Waals surface area contributed by atoms with E-state index in [2.05, 4.69) is 24.5 Å². The topological polar surface area (TPSA) is 176 Å². The van der Waals surface area contributed by atoms with E-state index in [1.807, 2.05) is 55.4 Å². The van der Waals surface area contributed by atoms with Crippen molar-refractivity contribution in [2.24, 2.45) is 51.1 Å². The number of urea groups is 1.